The van der Waals surface area contributed by atoms with Crippen LogP contribution in [0.1, 0.15) is 39.5 Å². The van der Waals surface area contributed by atoms with Crippen LogP contribution in [0.4, 0.5) is 0 Å². The SMILES string of the molecule is CC(C)OCC1=CC(O)CCCC1. The maximum absolute atomic E-state index is 9.49. The minimum atomic E-state index is -0.242. The molecule has 0 heterocycles. The highest BCUT2D eigenvalue weighted by Crippen LogP contribution is 2.18. The van der Waals surface area contributed by atoms with Crippen molar-refractivity contribution in [2.24, 2.45) is 0 Å². The predicted octanol–water partition coefficient (Wildman–Crippen LogP) is 2.27. The van der Waals surface area contributed by atoms with E-state index >= 15 is 0 Å². The molecule has 0 amide bonds. The summed E-state index contributed by atoms with van der Waals surface area (Å²) in [6.07, 6.45) is 6.31. The van der Waals surface area contributed by atoms with Crippen LogP contribution in [0.5, 0.6) is 0 Å². The van der Waals surface area contributed by atoms with E-state index in [-0.39, 0.29) is 12.2 Å². The van der Waals surface area contributed by atoms with E-state index in [1.807, 2.05) is 19.9 Å². The van der Waals surface area contributed by atoms with E-state index in [2.05, 4.69) is 0 Å². The van der Waals surface area contributed by atoms with Crippen LogP contribution < -0.4 is 0 Å². The van der Waals surface area contributed by atoms with Crippen LogP contribution in [0, 0.1) is 0 Å². The lowest BCUT2D eigenvalue weighted by molar-refractivity contribution is 0.0950. The second-order valence-electron chi connectivity index (χ2n) is 4.00. The first-order valence-corrected chi connectivity index (χ1v) is 5.17. The van der Waals surface area contributed by atoms with Gasteiger partial charge in [-0.15, -0.1) is 0 Å². The summed E-state index contributed by atoms with van der Waals surface area (Å²) in [5, 5.41) is 9.49. The highest BCUT2D eigenvalue weighted by atomic mass is 16.5. The molecule has 1 aliphatic carbocycles. The number of hydrogen-bond donors (Lipinski definition) is 1. The second kappa shape index (κ2) is 5.40. The van der Waals surface area contributed by atoms with E-state index in [1.165, 1.54) is 12.0 Å². The van der Waals surface area contributed by atoms with Gasteiger partial charge in [0, 0.05) is 0 Å². The highest BCUT2D eigenvalue weighted by Gasteiger charge is 2.09. The summed E-state index contributed by atoms with van der Waals surface area (Å²) in [5.74, 6) is 0. The topological polar surface area (TPSA) is 29.5 Å². The van der Waals surface area contributed by atoms with Crippen LogP contribution in [0.15, 0.2) is 11.6 Å². The van der Waals surface area contributed by atoms with Gasteiger partial charge >= 0.3 is 0 Å². The van der Waals surface area contributed by atoms with Gasteiger partial charge in [0.15, 0.2) is 0 Å². The quantitative estimate of drug-likeness (QED) is 0.682. The molecule has 0 saturated carbocycles. The van der Waals surface area contributed by atoms with Gasteiger partial charge in [0.2, 0.25) is 0 Å². The summed E-state index contributed by atoms with van der Waals surface area (Å²) < 4.78 is 5.51. The summed E-state index contributed by atoms with van der Waals surface area (Å²) in [6, 6.07) is 0. The van der Waals surface area contributed by atoms with E-state index in [1.54, 1.807) is 0 Å². The standard InChI is InChI=1S/C11H20O2/c1-9(2)13-8-10-5-3-4-6-11(12)7-10/h7,9,11-12H,3-6,8H2,1-2H3. The molecule has 1 aliphatic rings. The lowest BCUT2D eigenvalue weighted by Gasteiger charge is -2.10. The zero-order valence-electron chi connectivity index (χ0n) is 8.62. The molecule has 0 saturated heterocycles. The van der Waals surface area contributed by atoms with Crippen LogP contribution in [0.3, 0.4) is 0 Å². The summed E-state index contributed by atoms with van der Waals surface area (Å²) in [5.41, 5.74) is 1.26. The Balaban J connectivity index is 2.37. The Morgan fingerprint density at radius 3 is 3.00 bits per heavy atom. The zero-order valence-corrected chi connectivity index (χ0v) is 8.62. The summed E-state index contributed by atoms with van der Waals surface area (Å²) in [7, 11) is 0. The maximum atomic E-state index is 9.49. The van der Waals surface area contributed by atoms with Crippen LogP contribution >= 0.6 is 0 Å². The van der Waals surface area contributed by atoms with Crippen LogP contribution in [-0.2, 0) is 4.74 Å². The molecule has 0 bridgehead atoms. The van der Waals surface area contributed by atoms with Gasteiger partial charge in [0.1, 0.15) is 0 Å². The van der Waals surface area contributed by atoms with Crippen molar-refractivity contribution in [3.8, 4) is 0 Å². The van der Waals surface area contributed by atoms with Gasteiger partial charge in [-0.1, -0.05) is 12.5 Å². The molecule has 2 nitrogen and oxygen atoms in total. The van der Waals surface area contributed by atoms with E-state index in [9.17, 15) is 5.11 Å². The van der Waals surface area contributed by atoms with Crippen molar-refractivity contribution in [1.82, 2.24) is 0 Å². The lowest BCUT2D eigenvalue weighted by atomic mass is 10.1. The Hall–Kier alpha value is -0.340. The largest absolute Gasteiger partial charge is 0.389 e. The molecule has 0 spiro atoms. The van der Waals surface area contributed by atoms with E-state index in [4.69, 9.17) is 4.74 Å². The van der Waals surface area contributed by atoms with Gasteiger partial charge in [-0.3, -0.25) is 0 Å². The van der Waals surface area contributed by atoms with Crippen molar-refractivity contribution in [2.45, 2.75) is 51.7 Å². The van der Waals surface area contributed by atoms with Crippen LogP contribution in [-0.4, -0.2) is 23.9 Å². The molecule has 1 atom stereocenters. The van der Waals surface area contributed by atoms with Crippen LogP contribution in [0.25, 0.3) is 0 Å². The van der Waals surface area contributed by atoms with E-state index in [0.717, 1.165) is 19.3 Å². The molecule has 1 unspecified atom stereocenters. The fourth-order valence-electron chi connectivity index (χ4n) is 1.54. The Bertz CT molecular complexity index is 173. The summed E-state index contributed by atoms with van der Waals surface area (Å²) in [6.45, 7) is 4.76. The number of aliphatic hydroxyl groups excluding tert-OH is 1. The minimum absolute atomic E-state index is 0.242. The monoisotopic (exact) mass is 184 g/mol. The molecular formula is C11H20O2. The third-order valence-corrected chi connectivity index (χ3v) is 2.28. The average Bonchev–Trinajstić information content (AvgIpc) is 2.26. The minimum Gasteiger partial charge on any atom is -0.389 e. The second-order valence-corrected chi connectivity index (χ2v) is 4.00. The third-order valence-electron chi connectivity index (χ3n) is 2.28. The van der Waals surface area contributed by atoms with Crippen molar-refractivity contribution < 1.29 is 9.84 Å². The van der Waals surface area contributed by atoms with Crippen molar-refractivity contribution >= 4 is 0 Å². The fraction of sp³-hybridized carbons (Fsp3) is 0.818. The third kappa shape index (κ3) is 4.44. The molecule has 1 rings (SSSR count). The molecule has 0 radical (unpaired) electrons. The smallest absolute Gasteiger partial charge is 0.0724 e. The summed E-state index contributed by atoms with van der Waals surface area (Å²) in [4.78, 5) is 0. The molecular weight excluding hydrogens is 164 g/mol. The number of aliphatic hydroxyl groups is 1. The van der Waals surface area contributed by atoms with Gasteiger partial charge in [-0.2, -0.15) is 0 Å². The maximum Gasteiger partial charge on any atom is 0.0724 e. The molecule has 0 aromatic rings. The van der Waals surface area contributed by atoms with Gasteiger partial charge in [-0.05, 0) is 38.7 Å². The zero-order chi connectivity index (χ0) is 9.68. The first-order chi connectivity index (χ1) is 6.18. The van der Waals surface area contributed by atoms with Crippen molar-refractivity contribution in [3.05, 3.63) is 11.6 Å². The molecule has 1 N–H and O–H groups in total. The molecule has 0 aliphatic heterocycles. The number of ether oxygens (including phenoxy) is 1. The molecule has 0 fully saturated rings. The Morgan fingerprint density at radius 2 is 2.31 bits per heavy atom. The van der Waals surface area contributed by atoms with Crippen LogP contribution in [0.2, 0.25) is 0 Å². The molecule has 0 aromatic heterocycles. The first kappa shape index (κ1) is 10.7. The first-order valence-electron chi connectivity index (χ1n) is 5.17. The highest BCUT2D eigenvalue weighted by molar-refractivity contribution is 5.07. The number of rotatable bonds is 3. The average molecular weight is 184 g/mol. The summed E-state index contributed by atoms with van der Waals surface area (Å²) >= 11 is 0. The van der Waals surface area contributed by atoms with Crippen molar-refractivity contribution in [2.75, 3.05) is 6.61 Å². The van der Waals surface area contributed by atoms with Gasteiger partial charge in [0.05, 0.1) is 18.8 Å². The predicted molar refractivity (Wildman–Crippen MR) is 53.6 cm³/mol. The van der Waals surface area contributed by atoms with E-state index < -0.39 is 0 Å². The van der Waals surface area contributed by atoms with E-state index in [0.29, 0.717) is 6.61 Å². The van der Waals surface area contributed by atoms with Gasteiger partial charge < -0.3 is 9.84 Å². The van der Waals surface area contributed by atoms with Crippen molar-refractivity contribution in [3.63, 3.8) is 0 Å². The number of hydrogen-bond acceptors (Lipinski definition) is 2. The fourth-order valence-corrected chi connectivity index (χ4v) is 1.54. The van der Waals surface area contributed by atoms with Gasteiger partial charge in [-0.25, -0.2) is 0 Å². The van der Waals surface area contributed by atoms with Crippen molar-refractivity contribution in [1.29, 1.82) is 0 Å². The Labute approximate surface area is 80.6 Å². The Kier molecular flexibility index (Phi) is 4.46. The Morgan fingerprint density at radius 1 is 1.54 bits per heavy atom. The normalized spacial score (nSPS) is 24.3. The molecule has 76 valence electrons. The lowest BCUT2D eigenvalue weighted by Crippen LogP contribution is -2.07. The molecule has 0 aromatic carbocycles. The van der Waals surface area contributed by atoms with Gasteiger partial charge in [0.25, 0.3) is 0 Å². The molecule has 13 heavy (non-hydrogen) atoms. The molecule has 2 heteroatoms.